The van der Waals surface area contributed by atoms with Gasteiger partial charge in [0.15, 0.2) is 0 Å². The van der Waals surface area contributed by atoms with Gasteiger partial charge >= 0.3 is 61.8 Å². The van der Waals surface area contributed by atoms with Crippen LogP contribution in [0.25, 0.3) is 0 Å². The fraction of sp³-hybridized carbons (Fsp3) is 0.333. The Labute approximate surface area is 61.7 Å². The first-order valence-corrected chi connectivity index (χ1v) is 3.63. The van der Waals surface area contributed by atoms with Gasteiger partial charge in [-0.15, -0.1) is 0 Å². The van der Waals surface area contributed by atoms with Crippen molar-refractivity contribution in [3.05, 3.63) is 20.5 Å². The molecule has 32 valence electrons. The summed E-state index contributed by atoms with van der Waals surface area (Å²) in [6.07, 6.45) is 5.68. The Morgan fingerprint density at radius 1 is 1.71 bits per heavy atom. The van der Waals surface area contributed by atoms with E-state index in [0.29, 0.717) is 0 Å². The molecule has 0 saturated carbocycles. The molecule has 0 aromatic heterocycles. The Kier molecular flexibility index (Phi) is 1.74. The molecule has 0 atom stereocenters. The maximum absolute atomic E-state index is 2.23. The molecule has 7 heavy (non-hydrogen) atoms. The number of allylic oxidation sites excluding steroid dienone is 4. The molecule has 0 unspecified atom stereocenters. The molecule has 0 bridgehead atoms. The minimum atomic E-state index is 1.23. The van der Waals surface area contributed by atoms with E-state index in [2.05, 4.69) is 19.1 Å². The van der Waals surface area contributed by atoms with Crippen molar-refractivity contribution in [3.63, 3.8) is 0 Å². The van der Waals surface area contributed by atoms with Gasteiger partial charge in [0.2, 0.25) is 0 Å². The second-order valence-electron chi connectivity index (χ2n) is 2.07. The maximum atomic E-state index is 2.23. The topological polar surface area (TPSA) is 0 Å². The summed E-state index contributed by atoms with van der Waals surface area (Å²) < 4.78 is 1.65. The van der Waals surface area contributed by atoms with Crippen molar-refractivity contribution in [2.24, 2.45) is 0 Å². The molecule has 0 radical (unpaired) electrons. The average Bonchev–Trinajstić information content (AvgIpc) is 1.91. The van der Waals surface area contributed by atoms with Gasteiger partial charge in [-0.2, -0.15) is 0 Å². The Morgan fingerprint density at radius 3 is 2.57 bits per heavy atom. The molecule has 0 amide bonds. The summed E-state index contributed by atoms with van der Waals surface area (Å²) in [5, 5.41) is 0. The van der Waals surface area contributed by atoms with E-state index < -0.39 is 0 Å². The molecule has 0 N–H and O–H groups in total. The number of rotatable bonds is 0. The van der Waals surface area contributed by atoms with Crippen LogP contribution in [0.3, 0.4) is 0 Å². The van der Waals surface area contributed by atoms with Gasteiger partial charge in [-0.1, -0.05) is 0 Å². The first-order chi connectivity index (χ1) is 3.30. The second-order valence-corrected chi connectivity index (χ2v) is 3.28. The van der Waals surface area contributed by atoms with Crippen LogP contribution in [0.4, 0.5) is 0 Å². The zero-order chi connectivity index (χ0) is 5.28. The Bertz CT molecular complexity index is 131. The third kappa shape index (κ3) is 1.18. The number of hydrogen-bond acceptors (Lipinski definition) is 0. The monoisotopic (exact) mass is 102 g/mol. The molecule has 0 heterocycles. The van der Waals surface area contributed by atoms with Gasteiger partial charge in [0, 0.05) is 0 Å². The van der Waals surface area contributed by atoms with Crippen LogP contribution in [0.2, 0.25) is 0 Å². The fourth-order valence-electron chi connectivity index (χ4n) is 0.716. The first kappa shape index (κ1) is 5.61. The molecule has 0 aliphatic heterocycles. The second kappa shape index (κ2) is 2.17. The van der Waals surface area contributed by atoms with E-state index >= 15 is 0 Å². The van der Waals surface area contributed by atoms with Crippen LogP contribution in [0.15, 0.2) is 20.5 Å². The minimum absolute atomic E-state index is 1.23. The average molecular weight is 102 g/mol. The van der Waals surface area contributed by atoms with Crippen molar-refractivity contribution in [3.8, 4) is 0 Å². The third-order valence-corrected chi connectivity index (χ3v) is 2.66. The van der Waals surface area contributed by atoms with Crippen LogP contribution in [-0.2, 0) is 0 Å². The predicted octanol–water partition coefficient (Wildman–Crippen LogP) is 1.39. The van der Waals surface area contributed by atoms with Crippen LogP contribution in [0, 0.1) is 0 Å². The molecule has 1 aliphatic rings. The van der Waals surface area contributed by atoms with E-state index in [1.165, 1.54) is 39.9 Å². The number of hydrogen-bond donors (Lipinski definition) is 0. The van der Waals surface area contributed by atoms with Gasteiger partial charge in [0.25, 0.3) is 0 Å². The van der Waals surface area contributed by atoms with Crippen LogP contribution in [0.1, 0.15) is 13.3 Å². The SMILES string of the molecule is CC1=[C]([Na])CC=C1. The van der Waals surface area contributed by atoms with E-state index in [1.54, 1.807) is 2.82 Å². The van der Waals surface area contributed by atoms with Gasteiger partial charge in [0.05, 0.1) is 0 Å². The van der Waals surface area contributed by atoms with Crippen LogP contribution < -0.4 is 0 Å². The Morgan fingerprint density at radius 2 is 2.43 bits per heavy atom. The quantitative estimate of drug-likeness (QED) is 0.405. The Hall–Kier alpha value is 0.480. The summed E-state index contributed by atoms with van der Waals surface area (Å²) in [5.74, 6) is 0. The third-order valence-electron chi connectivity index (χ3n) is 1.47. The predicted molar refractivity (Wildman–Crippen MR) is 32.2 cm³/mol. The molecule has 0 nitrogen and oxygen atoms in total. The fourth-order valence-corrected chi connectivity index (χ4v) is 1.12. The standard InChI is InChI=1S/C6H7.Na/c1-6-4-2-3-5-6;/h2,4H,3H2,1H3;. The summed E-state index contributed by atoms with van der Waals surface area (Å²) in [5.41, 5.74) is 1.51. The van der Waals surface area contributed by atoms with E-state index in [1.807, 2.05) is 0 Å². The van der Waals surface area contributed by atoms with Crippen molar-refractivity contribution < 1.29 is 0 Å². The van der Waals surface area contributed by atoms with E-state index in [0.717, 1.165) is 0 Å². The molecule has 1 heteroatoms. The summed E-state index contributed by atoms with van der Waals surface area (Å²) >= 11 is 1.25. The summed E-state index contributed by atoms with van der Waals surface area (Å²) in [6, 6.07) is 0. The molecule has 1 rings (SSSR count). The Balaban J connectivity index is 2.79. The summed E-state index contributed by atoms with van der Waals surface area (Å²) in [4.78, 5) is 0. The van der Waals surface area contributed by atoms with E-state index in [4.69, 9.17) is 0 Å². The van der Waals surface area contributed by atoms with Crippen LogP contribution in [0.5, 0.6) is 0 Å². The van der Waals surface area contributed by atoms with Gasteiger partial charge in [0.1, 0.15) is 0 Å². The van der Waals surface area contributed by atoms with Crippen molar-refractivity contribution in [1.82, 2.24) is 0 Å². The summed E-state index contributed by atoms with van der Waals surface area (Å²) in [6.45, 7) is 2.19. The van der Waals surface area contributed by atoms with Gasteiger partial charge in [-0.05, 0) is 0 Å². The van der Waals surface area contributed by atoms with Crippen molar-refractivity contribution in [1.29, 1.82) is 0 Å². The van der Waals surface area contributed by atoms with Crippen molar-refractivity contribution in [2.75, 3.05) is 0 Å². The van der Waals surface area contributed by atoms with Crippen LogP contribution in [-0.4, -0.2) is 27.9 Å². The molecular formula is C6H7Na. The summed E-state index contributed by atoms with van der Waals surface area (Å²) in [7, 11) is 0. The van der Waals surface area contributed by atoms with Crippen LogP contribution >= 0.6 is 0 Å². The normalized spacial score (nSPS) is 19.3. The van der Waals surface area contributed by atoms with E-state index in [9.17, 15) is 0 Å². The molecule has 0 aromatic rings. The molecular weight excluding hydrogens is 95.1 g/mol. The van der Waals surface area contributed by atoms with Gasteiger partial charge in [-0.3, -0.25) is 0 Å². The van der Waals surface area contributed by atoms with Crippen molar-refractivity contribution in [2.45, 2.75) is 13.3 Å². The molecule has 1 aliphatic carbocycles. The van der Waals surface area contributed by atoms with Gasteiger partial charge < -0.3 is 0 Å². The first-order valence-electron chi connectivity index (χ1n) is 2.63. The zero-order valence-corrected chi connectivity index (χ0v) is 6.86. The van der Waals surface area contributed by atoms with Crippen molar-refractivity contribution >= 4 is 27.9 Å². The molecule has 0 aromatic carbocycles. The molecule has 0 saturated heterocycles. The van der Waals surface area contributed by atoms with Gasteiger partial charge in [-0.25, -0.2) is 0 Å². The molecule has 0 spiro atoms. The zero-order valence-electron chi connectivity index (χ0n) is 4.86. The molecule has 0 fully saturated rings. The van der Waals surface area contributed by atoms with E-state index in [-0.39, 0.29) is 0 Å².